The van der Waals surface area contributed by atoms with Crippen LogP contribution in [0.3, 0.4) is 0 Å². The summed E-state index contributed by atoms with van der Waals surface area (Å²) in [6, 6.07) is 1.48. The molecule has 82 valence electrons. The number of anilines is 1. The molecular weight excluding hydrogens is 218 g/mol. The maximum Gasteiger partial charge on any atom is 0.222 e. The van der Waals surface area contributed by atoms with Crippen LogP contribution in [0.2, 0.25) is 5.15 Å². The molecule has 0 aromatic carbocycles. The van der Waals surface area contributed by atoms with Gasteiger partial charge in [0.05, 0.1) is 0 Å². The number of halogens is 1. The van der Waals surface area contributed by atoms with Crippen LogP contribution in [-0.4, -0.2) is 26.2 Å². The van der Waals surface area contributed by atoms with Crippen molar-refractivity contribution in [3.8, 4) is 11.8 Å². The molecule has 0 saturated heterocycles. The molecule has 1 rings (SSSR count). The molecule has 0 saturated carbocycles. The standard InChI is InChI=1S/C9H10ClN3O.H2O/c1-9(2,14)4-3-6-5-7(10)13-8(11)12-6;/h5,14H,1-2H3,(H2,11,12,13);1H2. The fourth-order valence-corrected chi connectivity index (χ4v) is 0.906. The SMILES string of the molecule is CC(C)(O)C#Cc1cc(Cl)nc(N)n1.O. The molecule has 0 aliphatic heterocycles. The van der Waals surface area contributed by atoms with E-state index in [1.165, 1.54) is 6.07 Å². The zero-order chi connectivity index (χ0) is 10.8. The molecule has 15 heavy (non-hydrogen) atoms. The second kappa shape index (κ2) is 4.94. The summed E-state index contributed by atoms with van der Waals surface area (Å²) >= 11 is 5.64. The molecule has 0 radical (unpaired) electrons. The lowest BCUT2D eigenvalue weighted by Gasteiger charge is -2.05. The number of nitrogen functional groups attached to an aromatic ring is 1. The average Bonchev–Trinajstić information content (AvgIpc) is 1.97. The predicted molar refractivity (Wildman–Crippen MR) is 58.2 cm³/mol. The smallest absolute Gasteiger partial charge is 0.222 e. The summed E-state index contributed by atoms with van der Waals surface area (Å²) < 4.78 is 0. The van der Waals surface area contributed by atoms with Crippen LogP contribution < -0.4 is 5.73 Å². The van der Waals surface area contributed by atoms with Crippen molar-refractivity contribution in [2.24, 2.45) is 0 Å². The summed E-state index contributed by atoms with van der Waals surface area (Å²) in [5, 5.41) is 9.57. The summed E-state index contributed by atoms with van der Waals surface area (Å²) in [5.74, 6) is 5.31. The van der Waals surface area contributed by atoms with E-state index in [2.05, 4.69) is 21.8 Å². The maximum atomic E-state index is 9.34. The maximum absolute atomic E-state index is 9.34. The highest BCUT2D eigenvalue weighted by Crippen LogP contribution is 2.07. The molecule has 0 bridgehead atoms. The van der Waals surface area contributed by atoms with Gasteiger partial charge in [-0.25, -0.2) is 9.97 Å². The van der Waals surface area contributed by atoms with Crippen molar-refractivity contribution in [2.45, 2.75) is 19.4 Å². The molecule has 5 nitrogen and oxygen atoms in total. The monoisotopic (exact) mass is 229 g/mol. The molecule has 0 unspecified atom stereocenters. The van der Waals surface area contributed by atoms with Gasteiger partial charge in [-0.3, -0.25) is 0 Å². The lowest BCUT2D eigenvalue weighted by molar-refractivity contribution is 0.143. The quantitative estimate of drug-likeness (QED) is 0.483. The van der Waals surface area contributed by atoms with Gasteiger partial charge in [-0.2, -0.15) is 0 Å². The molecule has 0 aliphatic carbocycles. The molecule has 1 aromatic heterocycles. The van der Waals surface area contributed by atoms with Crippen molar-refractivity contribution in [2.75, 3.05) is 5.73 Å². The Labute approximate surface area is 92.6 Å². The Bertz CT molecular complexity index is 384. The van der Waals surface area contributed by atoms with Crippen molar-refractivity contribution >= 4 is 17.5 Å². The van der Waals surface area contributed by atoms with Gasteiger partial charge in [-0.15, -0.1) is 0 Å². The van der Waals surface area contributed by atoms with Crippen LogP contribution in [0.1, 0.15) is 19.5 Å². The Balaban J connectivity index is 0.00000196. The second-order valence-electron chi connectivity index (χ2n) is 3.24. The zero-order valence-electron chi connectivity index (χ0n) is 8.37. The predicted octanol–water partition coefficient (Wildman–Crippen LogP) is 0.00990. The minimum atomic E-state index is -1.06. The first-order valence-electron chi connectivity index (χ1n) is 3.92. The fourth-order valence-electron chi connectivity index (χ4n) is 0.716. The molecule has 6 heteroatoms. The third-order valence-corrected chi connectivity index (χ3v) is 1.40. The van der Waals surface area contributed by atoms with E-state index in [9.17, 15) is 5.11 Å². The first-order chi connectivity index (χ1) is 6.37. The van der Waals surface area contributed by atoms with Crippen LogP contribution in [0, 0.1) is 11.8 Å². The highest BCUT2D eigenvalue weighted by molar-refractivity contribution is 6.29. The topological polar surface area (TPSA) is 104 Å². The van der Waals surface area contributed by atoms with Crippen LogP contribution in [0.15, 0.2) is 6.07 Å². The van der Waals surface area contributed by atoms with E-state index < -0.39 is 5.60 Å². The number of hydrogen-bond acceptors (Lipinski definition) is 4. The van der Waals surface area contributed by atoms with Gasteiger partial charge >= 0.3 is 0 Å². The largest absolute Gasteiger partial charge is 0.412 e. The molecular formula is C9H12ClN3O2. The highest BCUT2D eigenvalue weighted by Gasteiger charge is 2.06. The lowest BCUT2D eigenvalue weighted by atomic mass is 10.1. The van der Waals surface area contributed by atoms with Gasteiger partial charge in [-0.1, -0.05) is 17.5 Å². The van der Waals surface area contributed by atoms with Crippen molar-refractivity contribution < 1.29 is 10.6 Å². The summed E-state index contributed by atoms with van der Waals surface area (Å²) in [7, 11) is 0. The molecule has 0 spiro atoms. The summed E-state index contributed by atoms with van der Waals surface area (Å²) in [4.78, 5) is 7.52. The number of aromatic nitrogens is 2. The van der Waals surface area contributed by atoms with Crippen molar-refractivity contribution in [1.29, 1.82) is 0 Å². The Morgan fingerprint density at radius 1 is 1.47 bits per heavy atom. The molecule has 0 amide bonds. The normalized spacial score (nSPS) is 9.87. The summed E-state index contributed by atoms with van der Waals surface area (Å²) in [6.45, 7) is 3.15. The van der Waals surface area contributed by atoms with Gasteiger partial charge in [0.25, 0.3) is 0 Å². The minimum Gasteiger partial charge on any atom is -0.412 e. The number of nitrogens with two attached hydrogens (primary N) is 1. The van der Waals surface area contributed by atoms with E-state index in [0.29, 0.717) is 5.69 Å². The molecule has 1 heterocycles. The number of nitrogens with zero attached hydrogens (tertiary/aromatic N) is 2. The third kappa shape index (κ3) is 5.18. The molecule has 5 N–H and O–H groups in total. The third-order valence-electron chi connectivity index (χ3n) is 1.21. The van der Waals surface area contributed by atoms with E-state index in [0.717, 1.165) is 0 Å². The first-order valence-corrected chi connectivity index (χ1v) is 4.30. The number of rotatable bonds is 0. The van der Waals surface area contributed by atoms with E-state index in [1.807, 2.05) is 0 Å². The zero-order valence-corrected chi connectivity index (χ0v) is 9.13. The van der Waals surface area contributed by atoms with Gasteiger partial charge in [0, 0.05) is 6.07 Å². The summed E-state index contributed by atoms with van der Waals surface area (Å²) in [5.41, 5.74) is 4.69. The van der Waals surface area contributed by atoms with Gasteiger partial charge in [0.2, 0.25) is 5.95 Å². The Morgan fingerprint density at radius 2 is 2.07 bits per heavy atom. The molecule has 0 aliphatic rings. The van der Waals surface area contributed by atoms with E-state index >= 15 is 0 Å². The Morgan fingerprint density at radius 3 is 2.53 bits per heavy atom. The van der Waals surface area contributed by atoms with Crippen molar-refractivity contribution in [1.82, 2.24) is 9.97 Å². The molecule has 0 fully saturated rings. The van der Waals surface area contributed by atoms with Crippen molar-refractivity contribution in [3.63, 3.8) is 0 Å². The van der Waals surface area contributed by atoms with Gasteiger partial charge in [0.15, 0.2) is 0 Å². The second-order valence-corrected chi connectivity index (χ2v) is 3.63. The first kappa shape index (κ1) is 13.7. The summed E-state index contributed by atoms with van der Waals surface area (Å²) in [6.07, 6.45) is 0. The van der Waals surface area contributed by atoms with Crippen LogP contribution in [0.25, 0.3) is 0 Å². The molecule has 0 atom stereocenters. The Hall–Kier alpha value is -1.35. The van der Waals surface area contributed by atoms with Gasteiger partial charge in [-0.05, 0) is 19.8 Å². The van der Waals surface area contributed by atoms with Gasteiger partial charge in [0.1, 0.15) is 16.4 Å². The van der Waals surface area contributed by atoms with Crippen LogP contribution in [0.4, 0.5) is 5.95 Å². The minimum absolute atomic E-state index is 0. The highest BCUT2D eigenvalue weighted by atomic mass is 35.5. The van der Waals surface area contributed by atoms with Crippen molar-refractivity contribution in [3.05, 3.63) is 16.9 Å². The number of aliphatic hydroxyl groups is 1. The molecule has 1 aromatic rings. The van der Waals surface area contributed by atoms with E-state index in [1.54, 1.807) is 13.8 Å². The average molecular weight is 230 g/mol. The van der Waals surface area contributed by atoms with Crippen LogP contribution >= 0.6 is 11.6 Å². The van der Waals surface area contributed by atoms with Gasteiger partial charge < -0.3 is 16.3 Å². The van der Waals surface area contributed by atoms with Crippen LogP contribution in [-0.2, 0) is 0 Å². The number of hydrogen-bond donors (Lipinski definition) is 2. The fraction of sp³-hybridized carbons (Fsp3) is 0.333. The lowest BCUT2D eigenvalue weighted by Crippen LogP contribution is -2.14. The Kier molecular flexibility index (Phi) is 4.49. The van der Waals surface area contributed by atoms with E-state index in [4.69, 9.17) is 17.3 Å². The van der Waals surface area contributed by atoms with Crippen LogP contribution in [0.5, 0.6) is 0 Å². The van der Waals surface area contributed by atoms with E-state index in [-0.39, 0.29) is 16.6 Å².